The molecule has 2 aliphatic heterocycles. The van der Waals surface area contributed by atoms with Gasteiger partial charge in [-0.15, -0.1) is 0 Å². The highest BCUT2D eigenvalue weighted by molar-refractivity contribution is 8.38. The molecule has 2 aromatic rings. The molecule has 26 heavy (non-hydrogen) atoms. The molecular formula is C20H24FN3OS. The van der Waals surface area contributed by atoms with Crippen LogP contribution in [0.5, 0.6) is 5.75 Å². The van der Waals surface area contributed by atoms with Gasteiger partial charge in [-0.2, -0.15) is 10.0 Å². The summed E-state index contributed by atoms with van der Waals surface area (Å²) in [5.41, 5.74) is 1.75. The smallest absolute Gasteiger partial charge is 0.130 e. The van der Waals surface area contributed by atoms with E-state index in [9.17, 15) is 4.39 Å². The third-order valence-electron chi connectivity index (χ3n) is 5.04. The number of hydrogen-bond acceptors (Lipinski definition) is 4. The molecule has 0 saturated heterocycles. The molecular weight excluding hydrogens is 349 g/mol. The standard InChI is InChI=1S/C20H24FN3OS/c1-23-8-9-26(3)14-24(13-17(26)12-23)7-6-16-11-20(25-2)18-10-15(21)4-5-19(18)22-16/h4-5,8-11,13H,6-7,12,14H2,1-3H3. The van der Waals surface area contributed by atoms with E-state index in [1.807, 2.05) is 6.07 Å². The fraction of sp³-hybridized carbons (Fsp3) is 0.350. The third kappa shape index (κ3) is 3.14. The van der Waals surface area contributed by atoms with Gasteiger partial charge in [0.1, 0.15) is 11.6 Å². The van der Waals surface area contributed by atoms with Gasteiger partial charge in [-0.25, -0.2) is 4.39 Å². The van der Waals surface area contributed by atoms with Crippen molar-refractivity contribution < 1.29 is 9.13 Å². The van der Waals surface area contributed by atoms with Crippen LogP contribution in [0.4, 0.5) is 4.39 Å². The molecule has 1 aromatic carbocycles. The Morgan fingerprint density at radius 1 is 1.31 bits per heavy atom. The Morgan fingerprint density at radius 2 is 2.15 bits per heavy atom. The van der Waals surface area contributed by atoms with Crippen LogP contribution >= 0.6 is 10.0 Å². The summed E-state index contributed by atoms with van der Waals surface area (Å²) in [6.45, 7) is 1.94. The van der Waals surface area contributed by atoms with Crippen molar-refractivity contribution in [3.63, 3.8) is 0 Å². The molecule has 0 radical (unpaired) electrons. The zero-order chi connectivity index (χ0) is 18.3. The number of halogens is 1. The Morgan fingerprint density at radius 3 is 2.96 bits per heavy atom. The Bertz CT molecular complexity index is 913. The van der Waals surface area contributed by atoms with E-state index in [2.05, 4.69) is 40.9 Å². The monoisotopic (exact) mass is 373 g/mol. The van der Waals surface area contributed by atoms with Crippen molar-refractivity contribution in [2.24, 2.45) is 0 Å². The molecule has 138 valence electrons. The fourth-order valence-corrected chi connectivity index (χ4v) is 6.23. The Kier molecular flexibility index (Phi) is 4.31. The van der Waals surface area contributed by atoms with Gasteiger partial charge >= 0.3 is 0 Å². The Balaban J connectivity index is 1.52. The first-order valence-corrected chi connectivity index (χ1v) is 11.0. The van der Waals surface area contributed by atoms with Crippen LogP contribution in [0, 0.1) is 5.82 Å². The minimum atomic E-state index is -0.806. The van der Waals surface area contributed by atoms with Crippen LogP contribution in [0.25, 0.3) is 10.9 Å². The van der Waals surface area contributed by atoms with Gasteiger partial charge in [0.25, 0.3) is 0 Å². The Labute approximate surface area is 155 Å². The van der Waals surface area contributed by atoms with Gasteiger partial charge in [-0.1, -0.05) is 0 Å². The first-order valence-electron chi connectivity index (χ1n) is 8.69. The number of methoxy groups -OCH3 is 1. The highest BCUT2D eigenvalue weighted by atomic mass is 32.3. The lowest BCUT2D eigenvalue weighted by Crippen LogP contribution is -2.22. The van der Waals surface area contributed by atoms with Crippen LogP contribution < -0.4 is 4.74 Å². The normalized spacial score (nSPS) is 24.4. The van der Waals surface area contributed by atoms with Crippen LogP contribution in [0.3, 0.4) is 0 Å². The number of likely N-dealkylation sites (N-methyl/N-ethyl adjacent to an activating group) is 1. The van der Waals surface area contributed by atoms with E-state index in [-0.39, 0.29) is 5.82 Å². The largest absolute Gasteiger partial charge is 0.496 e. The summed E-state index contributed by atoms with van der Waals surface area (Å²) in [5.74, 6) is 1.49. The van der Waals surface area contributed by atoms with E-state index in [1.54, 1.807) is 18.1 Å². The van der Waals surface area contributed by atoms with Crippen molar-refractivity contribution in [2.75, 3.05) is 39.4 Å². The predicted molar refractivity (Wildman–Crippen MR) is 107 cm³/mol. The van der Waals surface area contributed by atoms with Crippen molar-refractivity contribution in [1.29, 1.82) is 0 Å². The summed E-state index contributed by atoms with van der Waals surface area (Å²) in [6, 6.07) is 6.57. The lowest BCUT2D eigenvalue weighted by Gasteiger charge is -2.37. The second kappa shape index (κ2) is 6.50. The second-order valence-corrected chi connectivity index (χ2v) is 10.5. The number of pyridine rings is 1. The molecule has 4 rings (SSSR count). The molecule has 3 heterocycles. The first-order chi connectivity index (χ1) is 12.5. The molecule has 0 amide bonds. The number of aromatic nitrogens is 1. The van der Waals surface area contributed by atoms with Gasteiger partial charge in [0, 0.05) is 61.0 Å². The minimum Gasteiger partial charge on any atom is -0.496 e. The molecule has 1 atom stereocenters. The number of nitrogens with zero attached hydrogens (tertiary/aromatic N) is 3. The maximum atomic E-state index is 13.5. The van der Waals surface area contributed by atoms with Crippen LogP contribution in [0.15, 0.2) is 47.0 Å². The van der Waals surface area contributed by atoms with Gasteiger partial charge in [0.2, 0.25) is 0 Å². The van der Waals surface area contributed by atoms with E-state index in [4.69, 9.17) is 9.72 Å². The summed E-state index contributed by atoms with van der Waals surface area (Å²) in [5, 5.41) is 3.10. The molecule has 2 aliphatic rings. The molecule has 0 N–H and O–H groups in total. The lowest BCUT2D eigenvalue weighted by molar-refractivity contribution is 0.416. The van der Waals surface area contributed by atoms with E-state index in [1.165, 1.54) is 12.1 Å². The van der Waals surface area contributed by atoms with Crippen LogP contribution in [-0.4, -0.2) is 54.2 Å². The number of fused-ring (bicyclic) bond motifs is 2. The summed E-state index contributed by atoms with van der Waals surface area (Å²) in [6.07, 6.45) is 7.77. The highest BCUT2D eigenvalue weighted by Crippen LogP contribution is 2.59. The third-order valence-corrected chi connectivity index (χ3v) is 8.06. The molecule has 0 spiro atoms. The summed E-state index contributed by atoms with van der Waals surface area (Å²) in [7, 11) is 2.93. The molecule has 1 unspecified atom stereocenters. The quantitative estimate of drug-likeness (QED) is 0.813. The van der Waals surface area contributed by atoms with Gasteiger partial charge < -0.3 is 14.5 Å². The highest BCUT2D eigenvalue weighted by Gasteiger charge is 2.32. The van der Waals surface area contributed by atoms with E-state index in [0.29, 0.717) is 5.75 Å². The molecule has 0 saturated carbocycles. The van der Waals surface area contributed by atoms with E-state index >= 15 is 0 Å². The number of benzene rings is 1. The maximum absolute atomic E-state index is 13.5. The van der Waals surface area contributed by atoms with Crippen molar-refractivity contribution >= 4 is 20.9 Å². The molecule has 1 aromatic heterocycles. The summed E-state index contributed by atoms with van der Waals surface area (Å²) < 4.78 is 19.0. The molecule has 0 bridgehead atoms. The van der Waals surface area contributed by atoms with Crippen molar-refractivity contribution in [3.8, 4) is 5.75 Å². The number of hydrogen-bond donors (Lipinski definition) is 0. The second-order valence-electron chi connectivity index (χ2n) is 7.12. The number of ether oxygens (including phenoxy) is 1. The van der Waals surface area contributed by atoms with Gasteiger partial charge in [-0.05, 0) is 29.9 Å². The predicted octanol–water partition coefficient (Wildman–Crippen LogP) is 3.89. The number of rotatable bonds is 4. The van der Waals surface area contributed by atoms with Crippen molar-refractivity contribution in [2.45, 2.75) is 6.42 Å². The van der Waals surface area contributed by atoms with Gasteiger partial charge in [0.05, 0.1) is 18.5 Å². The fourth-order valence-electron chi connectivity index (χ4n) is 3.55. The average Bonchev–Trinajstić information content (AvgIpc) is 2.95. The maximum Gasteiger partial charge on any atom is 0.130 e. The molecule has 0 aliphatic carbocycles. The van der Waals surface area contributed by atoms with Crippen molar-refractivity contribution in [1.82, 2.24) is 14.8 Å². The topological polar surface area (TPSA) is 28.6 Å². The van der Waals surface area contributed by atoms with Gasteiger partial charge in [0.15, 0.2) is 0 Å². The van der Waals surface area contributed by atoms with Gasteiger partial charge in [-0.3, -0.25) is 4.98 Å². The Hall–Kier alpha value is -2.21. The lowest BCUT2D eigenvalue weighted by atomic mass is 10.1. The molecule has 0 fully saturated rings. The van der Waals surface area contributed by atoms with Crippen LogP contribution in [-0.2, 0) is 6.42 Å². The van der Waals surface area contributed by atoms with E-state index in [0.717, 1.165) is 42.0 Å². The zero-order valence-corrected chi connectivity index (χ0v) is 16.2. The summed E-state index contributed by atoms with van der Waals surface area (Å²) >= 11 is 0. The molecule has 4 nitrogen and oxygen atoms in total. The minimum absolute atomic E-state index is 0.272. The first kappa shape index (κ1) is 17.2. The van der Waals surface area contributed by atoms with Crippen LogP contribution in [0.2, 0.25) is 0 Å². The summed E-state index contributed by atoms with van der Waals surface area (Å²) in [4.78, 5) is 10.9. The molecule has 6 heteroatoms. The van der Waals surface area contributed by atoms with Crippen LogP contribution in [0.1, 0.15) is 5.69 Å². The zero-order valence-electron chi connectivity index (χ0n) is 15.4. The SMILES string of the molecule is COc1cc(CCN2C=C3CN(C)C=CS3(C)C2)nc2ccc(F)cc12. The van der Waals surface area contributed by atoms with E-state index < -0.39 is 10.0 Å². The average molecular weight is 373 g/mol. The van der Waals surface area contributed by atoms with Crippen molar-refractivity contribution in [3.05, 3.63) is 58.5 Å².